The fourth-order valence-corrected chi connectivity index (χ4v) is 3.43. The van der Waals surface area contributed by atoms with Crippen molar-refractivity contribution in [2.45, 2.75) is 19.8 Å². The minimum Gasteiger partial charge on any atom is -0.352 e. The zero-order chi connectivity index (χ0) is 18.3. The van der Waals surface area contributed by atoms with Gasteiger partial charge in [0.05, 0.1) is 5.56 Å². The van der Waals surface area contributed by atoms with Crippen molar-refractivity contribution in [1.82, 2.24) is 25.1 Å². The molecule has 0 bridgehead atoms. The van der Waals surface area contributed by atoms with E-state index >= 15 is 0 Å². The van der Waals surface area contributed by atoms with Crippen LogP contribution in [0.4, 0.5) is 5.13 Å². The van der Waals surface area contributed by atoms with Crippen LogP contribution in [0.1, 0.15) is 30.1 Å². The van der Waals surface area contributed by atoms with Gasteiger partial charge in [-0.2, -0.15) is 5.10 Å². The number of aromatic amines is 1. The Morgan fingerprint density at radius 2 is 2.19 bits per heavy atom. The zero-order valence-electron chi connectivity index (χ0n) is 13.9. The lowest BCUT2D eigenvalue weighted by Gasteiger charge is -2.05. The Balaban J connectivity index is 1.71. The second kappa shape index (κ2) is 6.37. The summed E-state index contributed by atoms with van der Waals surface area (Å²) in [6.45, 7) is 2.31. The van der Waals surface area contributed by atoms with Gasteiger partial charge >= 0.3 is 0 Å². The molecule has 3 aromatic heterocycles. The molecule has 10 heteroatoms. The smallest absolute Gasteiger partial charge is 0.256 e. The number of carbonyl (C=O) groups is 2. The number of nitrogens with one attached hydrogen (secondary N) is 3. The molecule has 134 valence electrons. The second-order valence-corrected chi connectivity index (χ2v) is 6.99. The van der Waals surface area contributed by atoms with Crippen LogP contribution in [-0.4, -0.2) is 38.1 Å². The van der Waals surface area contributed by atoms with Crippen LogP contribution < -0.4 is 16.2 Å². The third kappa shape index (κ3) is 2.99. The van der Waals surface area contributed by atoms with Crippen LogP contribution in [0.3, 0.4) is 0 Å². The highest BCUT2D eigenvalue weighted by Crippen LogP contribution is 2.33. The molecule has 0 radical (unpaired) electrons. The molecule has 3 heterocycles. The molecule has 0 saturated heterocycles. The Morgan fingerprint density at radius 1 is 1.38 bits per heavy atom. The van der Waals surface area contributed by atoms with E-state index in [0.717, 1.165) is 12.8 Å². The summed E-state index contributed by atoms with van der Waals surface area (Å²) >= 11 is 1.24. The van der Waals surface area contributed by atoms with Crippen molar-refractivity contribution in [3.63, 3.8) is 0 Å². The number of hydrogen-bond donors (Lipinski definition) is 3. The van der Waals surface area contributed by atoms with E-state index in [4.69, 9.17) is 0 Å². The maximum Gasteiger partial charge on any atom is 0.256 e. The number of hydrogen-bond acceptors (Lipinski definition) is 6. The van der Waals surface area contributed by atoms with Gasteiger partial charge in [-0.25, -0.2) is 4.98 Å². The highest BCUT2D eigenvalue weighted by atomic mass is 32.1. The molecule has 1 aliphatic rings. The van der Waals surface area contributed by atoms with Gasteiger partial charge in [-0.3, -0.25) is 24.0 Å². The Bertz CT molecular complexity index is 1060. The molecule has 2 amide bonds. The van der Waals surface area contributed by atoms with Crippen molar-refractivity contribution in [2.24, 2.45) is 5.92 Å². The SMILES string of the molecule is CCNC(=O)c1ccc(=O)n(-c2n[nH]c3nc(NC(=O)C4CC4)sc23)c1. The van der Waals surface area contributed by atoms with E-state index in [2.05, 4.69) is 25.8 Å². The second-order valence-electron chi connectivity index (χ2n) is 5.99. The van der Waals surface area contributed by atoms with Crippen molar-refractivity contribution < 1.29 is 9.59 Å². The first-order valence-electron chi connectivity index (χ1n) is 8.24. The average molecular weight is 372 g/mol. The van der Waals surface area contributed by atoms with Gasteiger partial charge in [-0.05, 0) is 25.8 Å². The molecule has 0 spiro atoms. The Morgan fingerprint density at radius 3 is 2.92 bits per heavy atom. The monoisotopic (exact) mass is 372 g/mol. The Labute approximate surface area is 151 Å². The molecular formula is C16H16N6O3S. The highest BCUT2D eigenvalue weighted by molar-refractivity contribution is 7.22. The maximum absolute atomic E-state index is 12.3. The molecule has 3 N–H and O–H groups in total. The van der Waals surface area contributed by atoms with E-state index < -0.39 is 0 Å². The summed E-state index contributed by atoms with van der Waals surface area (Å²) in [7, 11) is 0. The molecule has 4 rings (SSSR count). The quantitative estimate of drug-likeness (QED) is 0.623. The van der Waals surface area contributed by atoms with Crippen molar-refractivity contribution in [3.8, 4) is 5.82 Å². The van der Waals surface area contributed by atoms with E-state index in [-0.39, 0.29) is 23.3 Å². The van der Waals surface area contributed by atoms with Gasteiger partial charge < -0.3 is 10.6 Å². The van der Waals surface area contributed by atoms with Crippen LogP contribution in [0.5, 0.6) is 0 Å². The lowest BCUT2D eigenvalue weighted by molar-refractivity contribution is -0.117. The van der Waals surface area contributed by atoms with E-state index in [9.17, 15) is 14.4 Å². The first-order valence-corrected chi connectivity index (χ1v) is 9.05. The topological polar surface area (TPSA) is 122 Å². The van der Waals surface area contributed by atoms with Gasteiger partial charge in [0, 0.05) is 24.7 Å². The molecule has 0 aromatic carbocycles. The van der Waals surface area contributed by atoms with Gasteiger partial charge in [0.25, 0.3) is 11.5 Å². The molecule has 26 heavy (non-hydrogen) atoms. The van der Waals surface area contributed by atoms with Crippen LogP contribution in [0.2, 0.25) is 0 Å². The minimum absolute atomic E-state index is 0.0358. The number of amides is 2. The molecule has 9 nitrogen and oxygen atoms in total. The number of carbonyl (C=O) groups excluding carboxylic acids is 2. The summed E-state index contributed by atoms with van der Waals surface area (Å²) in [6.07, 6.45) is 3.26. The average Bonchev–Trinajstić information content (AvgIpc) is 3.29. The number of aromatic nitrogens is 4. The largest absolute Gasteiger partial charge is 0.352 e. The predicted molar refractivity (Wildman–Crippen MR) is 96.7 cm³/mol. The summed E-state index contributed by atoms with van der Waals surface area (Å²) in [4.78, 5) is 40.5. The number of H-pyrrole nitrogens is 1. The summed E-state index contributed by atoms with van der Waals surface area (Å²) in [6, 6.07) is 2.80. The summed E-state index contributed by atoms with van der Waals surface area (Å²) in [5.41, 5.74) is 0.518. The molecule has 0 atom stereocenters. The molecule has 1 saturated carbocycles. The number of pyridine rings is 1. The molecule has 0 aliphatic heterocycles. The molecule has 3 aromatic rings. The predicted octanol–water partition coefficient (Wildman–Crippen LogP) is 1.27. The van der Waals surface area contributed by atoms with Crippen molar-refractivity contribution >= 4 is 38.6 Å². The van der Waals surface area contributed by atoms with Crippen LogP contribution in [0, 0.1) is 5.92 Å². The molecular weight excluding hydrogens is 356 g/mol. The van der Waals surface area contributed by atoms with Gasteiger partial charge in [-0.15, -0.1) is 0 Å². The Hall–Kier alpha value is -3.01. The van der Waals surface area contributed by atoms with E-state index in [1.54, 1.807) is 0 Å². The number of thiazole rings is 1. The third-order valence-corrected chi connectivity index (χ3v) is 4.98. The lowest BCUT2D eigenvalue weighted by atomic mass is 10.2. The minimum atomic E-state index is -0.316. The molecule has 1 fully saturated rings. The van der Waals surface area contributed by atoms with Crippen LogP contribution >= 0.6 is 11.3 Å². The first-order chi connectivity index (χ1) is 12.6. The van der Waals surface area contributed by atoms with Crippen LogP contribution in [0.15, 0.2) is 23.1 Å². The van der Waals surface area contributed by atoms with Gasteiger partial charge in [0.2, 0.25) is 5.91 Å². The van der Waals surface area contributed by atoms with E-state index in [1.807, 2.05) is 6.92 Å². The first kappa shape index (κ1) is 16.5. The fraction of sp³-hybridized carbons (Fsp3) is 0.312. The number of anilines is 1. The molecule has 0 unspecified atom stereocenters. The molecule has 1 aliphatic carbocycles. The Kier molecular flexibility index (Phi) is 4.03. The van der Waals surface area contributed by atoms with Crippen molar-refractivity contribution in [2.75, 3.05) is 11.9 Å². The van der Waals surface area contributed by atoms with E-state index in [0.29, 0.717) is 33.4 Å². The lowest BCUT2D eigenvalue weighted by Crippen LogP contribution is -2.26. The van der Waals surface area contributed by atoms with Gasteiger partial charge in [0.15, 0.2) is 16.6 Å². The van der Waals surface area contributed by atoms with E-state index in [1.165, 1.54) is 34.2 Å². The van der Waals surface area contributed by atoms with Crippen LogP contribution in [-0.2, 0) is 4.79 Å². The fourth-order valence-electron chi connectivity index (χ4n) is 2.52. The normalized spacial score (nSPS) is 13.7. The van der Waals surface area contributed by atoms with Crippen LogP contribution in [0.25, 0.3) is 16.2 Å². The highest BCUT2D eigenvalue weighted by Gasteiger charge is 2.30. The van der Waals surface area contributed by atoms with Crippen molar-refractivity contribution in [1.29, 1.82) is 0 Å². The maximum atomic E-state index is 12.3. The third-order valence-electron chi connectivity index (χ3n) is 4.02. The number of rotatable bonds is 5. The summed E-state index contributed by atoms with van der Waals surface area (Å²) in [5.74, 6) is 0.118. The van der Waals surface area contributed by atoms with Gasteiger partial charge in [0.1, 0.15) is 4.70 Å². The number of nitrogens with zero attached hydrogens (tertiary/aromatic N) is 3. The zero-order valence-corrected chi connectivity index (χ0v) is 14.7. The summed E-state index contributed by atoms with van der Waals surface area (Å²) < 4.78 is 1.93. The number of fused-ring (bicyclic) bond motifs is 1. The van der Waals surface area contributed by atoms with Gasteiger partial charge in [-0.1, -0.05) is 11.3 Å². The standard InChI is InChI=1S/C16H16N6O3S/c1-2-17-14(24)9-5-6-10(23)22(7-9)13-11-12(20-21-13)18-16(26-11)19-15(25)8-3-4-8/h5-8H,2-4H2,1H3,(H,17,24)(H2,18,19,20,21,25). The summed E-state index contributed by atoms with van der Waals surface area (Å²) in [5, 5.41) is 12.8. The van der Waals surface area contributed by atoms with Crippen molar-refractivity contribution in [3.05, 3.63) is 34.2 Å².